The van der Waals surface area contributed by atoms with E-state index in [1.165, 1.54) is 6.07 Å². The third-order valence-electron chi connectivity index (χ3n) is 6.58. The number of benzene rings is 1. The molecule has 3 N–H and O–H groups in total. The number of hydrogen-bond donors (Lipinski definition) is 3. The van der Waals surface area contributed by atoms with Gasteiger partial charge in [0.25, 0.3) is 0 Å². The third-order valence-corrected chi connectivity index (χ3v) is 7.49. The smallest absolute Gasteiger partial charge is 0.176 e. The van der Waals surface area contributed by atoms with Crippen molar-refractivity contribution in [3.63, 3.8) is 0 Å². The van der Waals surface area contributed by atoms with E-state index in [0.29, 0.717) is 0 Å². The van der Waals surface area contributed by atoms with Crippen molar-refractivity contribution < 1.29 is 4.39 Å². The number of hydrogen-bond acceptors (Lipinski definition) is 4. The Morgan fingerprint density at radius 3 is 2.58 bits per heavy atom. The topological polar surface area (TPSA) is 69.4 Å². The van der Waals surface area contributed by atoms with Gasteiger partial charge < -0.3 is 10.3 Å². The van der Waals surface area contributed by atoms with E-state index in [1.54, 1.807) is 24.5 Å². The lowest BCUT2D eigenvalue weighted by Crippen LogP contribution is -2.22. The second-order valence-electron chi connectivity index (χ2n) is 10.2. The van der Waals surface area contributed by atoms with E-state index in [0.717, 1.165) is 77.5 Å². The first-order valence-corrected chi connectivity index (χ1v) is 13.2. The molecule has 1 aromatic carbocycles. The predicted molar refractivity (Wildman–Crippen MR) is 158 cm³/mol. The molecule has 0 unspecified atom stereocenters. The normalized spacial score (nSPS) is 12.9. The Hall–Kier alpha value is -4.23. The van der Waals surface area contributed by atoms with Crippen LogP contribution in [0.5, 0.6) is 0 Å². The van der Waals surface area contributed by atoms with E-state index in [9.17, 15) is 4.39 Å². The van der Waals surface area contributed by atoms with Crippen LogP contribution in [0.15, 0.2) is 91.6 Å². The van der Waals surface area contributed by atoms with Gasteiger partial charge in [0.2, 0.25) is 0 Å². The molecule has 192 valence electrons. The molecule has 7 heteroatoms. The predicted octanol–water partition coefficient (Wildman–Crippen LogP) is 8.60. The SMILES string of the molecule is C=C/C(=C\C(=C/C)c1ccc2[nH]nc(-c3cc4c(-c5ccc(F)s5)cncc4[nH]3)c2c1)NC(=C)C(C)(C)C. The summed E-state index contributed by atoms with van der Waals surface area (Å²) in [5.74, 6) is 0. The molecular formula is C31H30FN5S. The van der Waals surface area contributed by atoms with E-state index in [4.69, 9.17) is 0 Å². The van der Waals surface area contributed by atoms with E-state index < -0.39 is 0 Å². The molecular weight excluding hydrogens is 493 g/mol. The highest BCUT2D eigenvalue weighted by molar-refractivity contribution is 7.14. The Kier molecular flexibility index (Phi) is 6.63. The molecule has 0 fully saturated rings. The maximum atomic E-state index is 13.7. The number of aromatic amines is 2. The van der Waals surface area contributed by atoms with Crippen LogP contribution in [-0.4, -0.2) is 20.2 Å². The molecule has 0 aliphatic carbocycles. The Labute approximate surface area is 225 Å². The van der Waals surface area contributed by atoms with Crippen LogP contribution in [0.4, 0.5) is 4.39 Å². The minimum absolute atomic E-state index is 0.0740. The van der Waals surface area contributed by atoms with Crippen molar-refractivity contribution in [2.75, 3.05) is 0 Å². The highest BCUT2D eigenvalue weighted by atomic mass is 32.1. The first-order valence-electron chi connectivity index (χ1n) is 12.4. The fourth-order valence-electron chi connectivity index (χ4n) is 4.24. The van der Waals surface area contributed by atoms with E-state index in [2.05, 4.69) is 89.8 Å². The quantitative estimate of drug-likeness (QED) is 0.187. The first-order chi connectivity index (χ1) is 18.2. The van der Waals surface area contributed by atoms with Crippen molar-refractivity contribution in [3.05, 3.63) is 102 Å². The molecule has 0 amide bonds. The summed E-state index contributed by atoms with van der Waals surface area (Å²) in [4.78, 5) is 8.66. The molecule has 0 saturated carbocycles. The number of halogens is 1. The highest BCUT2D eigenvalue weighted by Gasteiger charge is 2.17. The first kappa shape index (κ1) is 25.4. The monoisotopic (exact) mass is 523 g/mol. The molecule has 0 saturated heterocycles. The maximum Gasteiger partial charge on any atom is 0.176 e. The van der Waals surface area contributed by atoms with Gasteiger partial charge in [0, 0.05) is 44.2 Å². The molecule has 5 rings (SSSR count). The molecule has 4 heterocycles. The van der Waals surface area contributed by atoms with Gasteiger partial charge in [0.15, 0.2) is 5.13 Å². The van der Waals surface area contributed by atoms with Crippen molar-refractivity contribution in [2.24, 2.45) is 5.41 Å². The van der Waals surface area contributed by atoms with E-state index >= 15 is 0 Å². The molecule has 0 spiro atoms. The summed E-state index contributed by atoms with van der Waals surface area (Å²) in [6.45, 7) is 16.5. The Morgan fingerprint density at radius 2 is 1.89 bits per heavy atom. The van der Waals surface area contributed by atoms with Gasteiger partial charge in [0.05, 0.1) is 22.9 Å². The van der Waals surface area contributed by atoms with Gasteiger partial charge in [-0.1, -0.05) is 46.1 Å². The molecule has 0 aliphatic rings. The van der Waals surface area contributed by atoms with Crippen LogP contribution < -0.4 is 5.32 Å². The minimum Gasteiger partial charge on any atom is -0.359 e. The van der Waals surface area contributed by atoms with Crippen molar-refractivity contribution in [1.82, 2.24) is 25.5 Å². The lowest BCUT2D eigenvalue weighted by Gasteiger charge is -2.24. The van der Waals surface area contributed by atoms with Crippen LogP contribution in [-0.2, 0) is 0 Å². The summed E-state index contributed by atoms with van der Waals surface area (Å²) in [6.07, 6.45) is 9.51. The second-order valence-corrected chi connectivity index (χ2v) is 11.2. The van der Waals surface area contributed by atoms with Crippen LogP contribution in [0, 0.1) is 10.5 Å². The fourth-order valence-corrected chi connectivity index (χ4v) is 5.00. The molecule has 5 aromatic rings. The zero-order valence-electron chi connectivity index (χ0n) is 21.9. The third kappa shape index (κ3) is 4.85. The Balaban J connectivity index is 1.55. The van der Waals surface area contributed by atoms with Crippen LogP contribution >= 0.6 is 11.3 Å². The second kappa shape index (κ2) is 9.91. The molecule has 4 aromatic heterocycles. The summed E-state index contributed by atoms with van der Waals surface area (Å²) in [5, 5.41) is 12.9. The number of H-pyrrole nitrogens is 2. The summed E-state index contributed by atoms with van der Waals surface area (Å²) >= 11 is 1.11. The number of rotatable bonds is 7. The summed E-state index contributed by atoms with van der Waals surface area (Å²) in [5.41, 5.74) is 8.20. The van der Waals surface area contributed by atoms with Crippen LogP contribution in [0.25, 0.3) is 49.2 Å². The average Bonchev–Trinajstić information content (AvgIpc) is 3.62. The van der Waals surface area contributed by atoms with E-state index in [-0.39, 0.29) is 10.5 Å². The van der Waals surface area contributed by atoms with Gasteiger partial charge >= 0.3 is 0 Å². The number of thiophene rings is 1. The zero-order valence-corrected chi connectivity index (χ0v) is 22.8. The lowest BCUT2D eigenvalue weighted by molar-refractivity contribution is 0.478. The zero-order chi connectivity index (χ0) is 27.0. The van der Waals surface area contributed by atoms with Gasteiger partial charge in [-0.05, 0) is 60.5 Å². The number of allylic oxidation sites excluding steroid dienone is 5. The van der Waals surface area contributed by atoms with Crippen LogP contribution in [0.1, 0.15) is 33.3 Å². The highest BCUT2D eigenvalue weighted by Crippen LogP contribution is 2.36. The van der Waals surface area contributed by atoms with E-state index in [1.807, 2.05) is 13.0 Å². The number of pyridine rings is 1. The Morgan fingerprint density at radius 1 is 1.08 bits per heavy atom. The summed E-state index contributed by atoms with van der Waals surface area (Å²) in [6, 6.07) is 11.6. The number of fused-ring (bicyclic) bond motifs is 2. The summed E-state index contributed by atoms with van der Waals surface area (Å²) in [7, 11) is 0. The molecule has 0 atom stereocenters. The largest absolute Gasteiger partial charge is 0.359 e. The van der Waals surface area contributed by atoms with Gasteiger partial charge in [-0.3, -0.25) is 10.1 Å². The number of nitrogens with one attached hydrogen (secondary N) is 3. The lowest BCUT2D eigenvalue weighted by atomic mass is 9.92. The van der Waals surface area contributed by atoms with Crippen LogP contribution in [0.3, 0.4) is 0 Å². The van der Waals surface area contributed by atoms with Crippen molar-refractivity contribution in [1.29, 1.82) is 0 Å². The maximum absolute atomic E-state index is 13.7. The number of aromatic nitrogens is 4. The van der Waals surface area contributed by atoms with Gasteiger partial charge in [-0.2, -0.15) is 9.49 Å². The average molecular weight is 524 g/mol. The van der Waals surface area contributed by atoms with Gasteiger partial charge in [-0.25, -0.2) is 0 Å². The van der Waals surface area contributed by atoms with Crippen molar-refractivity contribution >= 4 is 38.7 Å². The Bertz CT molecular complexity index is 1740. The minimum atomic E-state index is -0.218. The van der Waals surface area contributed by atoms with Gasteiger partial charge in [0.1, 0.15) is 5.69 Å². The van der Waals surface area contributed by atoms with Crippen molar-refractivity contribution in [3.8, 4) is 21.8 Å². The van der Waals surface area contributed by atoms with Crippen LogP contribution in [0.2, 0.25) is 0 Å². The molecule has 0 radical (unpaired) electrons. The molecule has 5 nitrogen and oxygen atoms in total. The summed E-state index contributed by atoms with van der Waals surface area (Å²) < 4.78 is 13.7. The van der Waals surface area contributed by atoms with Gasteiger partial charge in [-0.15, -0.1) is 11.3 Å². The standard InChI is InChI=1S/C31H30FN5S/c1-7-19(13-21(8-2)34-18(3)31(4,5)6)20-9-10-25-23(14-20)30(37-36-25)26-15-22-24(16-33-17-27(22)35-26)28-11-12-29(32)38-28/h7-17,34-35H,2-3H2,1,4-6H3,(H,36,37)/b19-7+,21-13+. The molecule has 0 aliphatic heterocycles. The molecule has 0 bridgehead atoms. The number of nitrogens with zero attached hydrogens (tertiary/aromatic N) is 2. The fraction of sp³-hybridized carbons (Fsp3) is 0.161. The molecule has 38 heavy (non-hydrogen) atoms. The van der Waals surface area contributed by atoms with Crippen molar-refractivity contribution in [2.45, 2.75) is 27.7 Å².